The summed E-state index contributed by atoms with van der Waals surface area (Å²) in [6, 6.07) is 3.54. The lowest BCUT2D eigenvalue weighted by molar-refractivity contribution is 0.355. The van der Waals surface area contributed by atoms with Gasteiger partial charge in [-0.3, -0.25) is 9.38 Å². The van der Waals surface area contributed by atoms with Gasteiger partial charge < -0.3 is 14.6 Å². The highest BCUT2D eigenvalue weighted by Gasteiger charge is 2.14. The summed E-state index contributed by atoms with van der Waals surface area (Å²) in [5.41, 5.74) is 2.56. The molecule has 0 amide bonds. The van der Waals surface area contributed by atoms with Gasteiger partial charge in [-0.05, 0) is 6.92 Å². The minimum absolute atomic E-state index is 0.106. The Morgan fingerprint density at radius 1 is 1.16 bits per heavy atom. The van der Waals surface area contributed by atoms with Gasteiger partial charge in [0.1, 0.15) is 5.69 Å². The number of aromatic nitrogens is 3. The number of imidazole rings is 1. The lowest BCUT2D eigenvalue weighted by Gasteiger charge is -2.09. The first-order valence-corrected chi connectivity index (χ1v) is 5.74. The summed E-state index contributed by atoms with van der Waals surface area (Å²) in [7, 11) is 3.14. The van der Waals surface area contributed by atoms with Crippen molar-refractivity contribution in [3.63, 3.8) is 0 Å². The van der Waals surface area contributed by atoms with Gasteiger partial charge >= 0.3 is 0 Å². The summed E-state index contributed by atoms with van der Waals surface area (Å²) < 4.78 is 12.1. The molecule has 6 heteroatoms. The molecule has 98 valence electrons. The average Bonchev–Trinajstić information content (AvgIpc) is 2.73. The van der Waals surface area contributed by atoms with Crippen LogP contribution in [0.1, 0.15) is 5.69 Å². The van der Waals surface area contributed by atoms with Gasteiger partial charge in [-0.15, -0.1) is 0 Å². The van der Waals surface area contributed by atoms with Crippen molar-refractivity contribution in [3.8, 4) is 17.4 Å². The molecular formula is C13H13N3O3. The van der Waals surface area contributed by atoms with E-state index in [1.165, 1.54) is 0 Å². The fourth-order valence-corrected chi connectivity index (χ4v) is 2.13. The highest BCUT2D eigenvalue weighted by Crippen LogP contribution is 2.33. The third kappa shape index (κ3) is 1.56. The Bertz CT molecular complexity index is 780. The maximum Gasteiger partial charge on any atom is 0.219 e. The van der Waals surface area contributed by atoms with Crippen molar-refractivity contribution in [1.82, 2.24) is 14.4 Å². The van der Waals surface area contributed by atoms with Crippen molar-refractivity contribution >= 4 is 16.7 Å². The highest BCUT2D eigenvalue weighted by molar-refractivity contribution is 5.82. The summed E-state index contributed by atoms with van der Waals surface area (Å²) in [6.45, 7) is 1.74. The topological polar surface area (TPSA) is 68.9 Å². The molecule has 0 bridgehead atoms. The van der Waals surface area contributed by atoms with Crippen LogP contribution in [0, 0.1) is 6.92 Å². The van der Waals surface area contributed by atoms with E-state index in [0.29, 0.717) is 33.9 Å². The van der Waals surface area contributed by atoms with Gasteiger partial charge in [0.25, 0.3) is 0 Å². The van der Waals surface area contributed by atoms with Crippen LogP contribution in [0.15, 0.2) is 18.3 Å². The number of fused-ring (bicyclic) bond motifs is 3. The molecular weight excluding hydrogens is 246 g/mol. The van der Waals surface area contributed by atoms with Crippen molar-refractivity contribution < 1.29 is 14.6 Å². The number of methoxy groups -OCH3 is 2. The molecule has 0 radical (unpaired) electrons. The first-order valence-electron chi connectivity index (χ1n) is 5.74. The number of hydrogen-bond donors (Lipinski definition) is 1. The molecule has 2 aromatic heterocycles. The summed E-state index contributed by atoms with van der Waals surface area (Å²) in [6.07, 6.45) is 1.61. The highest BCUT2D eigenvalue weighted by atomic mass is 16.5. The maximum atomic E-state index is 10.1. The Morgan fingerprint density at radius 3 is 2.53 bits per heavy atom. The normalized spacial score (nSPS) is 11.1. The first kappa shape index (κ1) is 11.6. The van der Waals surface area contributed by atoms with Crippen molar-refractivity contribution in [3.05, 3.63) is 24.0 Å². The van der Waals surface area contributed by atoms with E-state index >= 15 is 0 Å². The van der Waals surface area contributed by atoms with Crippen molar-refractivity contribution in [2.24, 2.45) is 0 Å². The standard InChI is InChI=1S/C13H13N3O3/c1-7-13(17)16-9-5-11(19-3)10(18-2)4-8(9)14-6-12(16)15-7/h4-6,17H,1-3H3. The minimum atomic E-state index is 0.106. The van der Waals surface area contributed by atoms with Crippen LogP contribution >= 0.6 is 0 Å². The molecule has 0 spiro atoms. The molecule has 1 N–H and O–H groups in total. The third-order valence-electron chi connectivity index (χ3n) is 3.09. The molecule has 0 aliphatic heterocycles. The fraction of sp³-hybridized carbons (Fsp3) is 0.231. The van der Waals surface area contributed by atoms with Crippen LogP contribution in [-0.4, -0.2) is 33.7 Å². The summed E-state index contributed by atoms with van der Waals surface area (Å²) >= 11 is 0. The SMILES string of the molecule is COc1cc2ncc3nc(C)c(O)n3c2cc1OC. The lowest BCUT2D eigenvalue weighted by atomic mass is 10.2. The Kier molecular flexibility index (Phi) is 2.45. The van der Waals surface area contributed by atoms with E-state index in [2.05, 4.69) is 9.97 Å². The number of ether oxygens (including phenoxy) is 2. The average molecular weight is 259 g/mol. The molecule has 0 atom stereocenters. The Labute approximate surface area is 109 Å². The van der Waals surface area contributed by atoms with Crippen LogP contribution < -0.4 is 9.47 Å². The number of aryl methyl sites for hydroxylation is 1. The molecule has 0 aliphatic carbocycles. The van der Waals surface area contributed by atoms with Gasteiger partial charge in [0, 0.05) is 12.1 Å². The zero-order valence-electron chi connectivity index (χ0n) is 10.8. The van der Waals surface area contributed by atoms with E-state index in [1.54, 1.807) is 43.9 Å². The molecule has 3 rings (SSSR count). The van der Waals surface area contributed by atoms with Gasteiger partial charge in [-0.1, -0.05) is 0 Å². The molecule has 6 nitrogen and oxygen atoms in total. The van der Waals surface area contributed by atoms with Crippen molar-refractivity contribution in [2.75, 3.05) is 14.2 Å². The molecule has 1 aromatic carbocycles. The van der Waals surface area contributed by atoms with Crippen LogP contribution in [0.2, 0.25) is 0 Å². The Morgan fingerprint density at radius 2 is 1.84 bits per heavy atom. The minimum Gasteiger partial charge on any atom is -0.493 e. The monoisotopic (exact) mass is 259 g/mol. The van der Waals surface area contributed by atoms with E-state index in [1.807, 2.05) is 0 Å². The van der Waals surface area contributed by atoms with E-state index in [4.69, 9.17) is 9.47 Å². The number of aromatic hydroxyl groups is 1. The summed E-state index contributed by atoms with van der Waals surface area (Å²) in [5.74, 6) is 1.28. The zero-order valence-corrected chi connectivity index (χ0v) is 10.8. The van der Waals surface area contributed by atoms with E-state index in [0.717, 1.165) is 0 Å². The Hall–Kier alpha value is -2.50. The number of benzene rings is 1. The van der Waals surface area contributed by atoms with Gasteiger partial charge in [0.05, 0.1) is 31.4 Å². The van der Waals surface area contributed by atoms with Crippen molar-refractivity contribution in [1.29, 1.82) is 0 Å². The number of hydrogen-bond acceptors (Lipinski definition) is 5. The van der Waals surface area contributed by atoms with Crippen LogP contribution in [0.4, 0.5) is 0 Å². The number of rotatable bonds is 2. The Balaban J connectivity index is 2.47. The van der Waals surface area contributed by atoms with Gasteiger partial charge in [-0.2, -0.15) is 0 Å². The molecule has 0 fully saturated rings. The second-order valence-corrected chi connectivity index (χ2v) is 4.17. The molecule has 0 unspecified atom stereocenters. The van der Waals surface area contributed by atoms with Crippen LogP contribution in [-0.2, 0) is 0 Å². The molecule has 3 aromatic rings. The van der Waals surface area contributed by atoms with Gasteiger partial charge in [0.15, 0.2) is 17.1 Å². The fourth-order valence-electron chi connectivity index (χ4n) is 2.13. The largest absolute Gasteiger partial charge is 0.493 e. The lowest BCUT2D eigenvalue weighted by Crippen LogP contribution is -1.95. The second kappa shape index (κ2) is 4.01. The molecule has 0 saturated heterocycles. The summed E-state index contributed by atoms with van der Waals surface area (Å²) in [4.78, 5) is 8.56. The molecule has 0 aliphatic rings. The quantitative estimate of drug-likeness (QED) is 0.761. The molecule has 19 heavy (non-hydrogen) atoms. The first-order chi connectivity index (χ1) is 9.15. The summed E-state index contributed by atoms with van der Waals surface area (Å²) in [5, 5.41) is 10.1. The van der Waals surface area contributed by atoms with Gasteiger partial charge in [0.2, 0.25) is 5.88 Å². The van der Waals surface area contributed by atoms with Crippen molar-refractivity contribution in [2.45, 2.75) is 6.92 Å². The van der Waals surface area contributed by atoms with E-state index < -0.39 is 0 Å². The third-order valence-corrected chi connectivity index (χ3v) is 3.09. The predicted octanol–water partition coefficient (Wildman–Crippen LogP) is 1.91. The number of nitrogens with zero attached hydrogens (tertiary/aromatic N) is 3. The van der Waals surface area contributed by atoms with E-state index in [9.17, 15) is 5.11 Å². The maximum absolute atomic E-state index is 10.1. The molecule has 2 heterocycles. The van der Waals surface area contributed by atoms with Gasteiger partial charge in [-0.25, -0.2) is 4.98 Å². The van der Waals surface area contributed by atoms with Crippen LogP contribution in [0.5, 0.6) is 17.4 Å². The zero-order chi connectivity index (χ0) is 13.6. The van der Waals surface area contributed by atoms with Crippen LogP contribution in [0.25, 0.3) is 16.7 Å². The predicted molar refractivity (Wildman–Crippen MR) is 70.0 cm³/mol. The smallest absolute Gasteiger partial charge is 0.219 e. The second-order valence-electron chi connectivity index (χ2n) is 4.17. The van der Waals surface area contributed by atoms with E-state index in [-0.39, 0.29) is 5.88 Å². The molecule has 0 saturated carbocycles. The van der Waals surface area contributed by atoms with Crippen LogP contribution in [0.3, 0.4) is 0 Å².